The van der Waals surface area contributed by atoms with Gasteiger partial charge in [0.15, 0.2) is 0 Å². The highest BCUT2D eigenvalue weighted by molar-refractivity contribution is 5.95. The van der Waals surface area contributed by atoms with Crippen molar-refractivity contribution < 1.29 is 4.79 Å². The maximum atomic E-state index is 12.5. The van der Waals surface area contributed by atoms with Gasteiger partial charge in [-0.2, -0.15) is 5.10 Å². The number of pyridine rings is 1. The smallest absolute Gasteiger partial charge is 0.229 e. The van der Waals surface area contributed by atoms with Crippen LogP contribution in [-0.4, -0.2) is 21.1 Å². The van der Waals surface area contributed by atoms with Gasteiger partial charge in [0.05, 0.1) is 12.6 Å². The molecule has 1 amide bonds. The fraction of sp³-hybridized carbons (Fsp3) is 0.0417. The number of anilines is 1. The van der Waals surface area contributed by atoms with Crippen molar-refractivity contribution in [2.45, 2.75) is 6.42 Å². The zero-order chi connectivity index (χ0) is 19.6. The van der Waals surface area contributed by atoms with Crippen molar-refractivity contribution in [2.24, 2.45) is 0 Å². The lowest BCUT2D eigenvalue weighted by Gasteiger charge is -2.08. The molecule has 5 aromatic rings. The van der Waals surface area contributed by atoms with E-state index in [-0.39, 0.29) is 5.91 Å². The lowest BCUT2D eigenvalue weighted by atomic mass is 10.0. The molecular weight excluding hydrogens is 360 g/mol. The van der Waals surface area contributed by atoms with Crippen LogP contribution in [-0.2, 0) is 11.2 Å². The van der Waals surface area contributed by atoms with Gasteiger partial charge >= 0.3 is 0 Å². The van der Waals surface area contributed by atoms with Crippen LogP contribution in [0.15, 0.2) is 85.3 Å². The van der Waals surface area contributed by atoms with Gasteiger partial charge in [-0.3, -0.25) is 9.89 Å². The van der Waals surface area contributed by atoms with Crippen molar-refractivity contribution in [2.75, 3.05) is 5.32 Å². The van der Waals surface area contributed by atoms with Crippen LogP contribution in [0.25, 0.3) is 32.7 Å². The van der Waals surface area contributed by atoms with Crippen LogP contribution >= 0.6 is 0 Å². The Balaban J connectivity index is 1.36. The zero-order valence-corrected chi connectivity index (χ0v) is 15.6. The summed E-state index contributed by atoms with van der Waals surface area (Å²) >= 11 is 0. The van der Waals surface area contributed by atoms with Crippen molar-refractivity contribution in [1.29, 1.82) is 0 Å². The highest BCUT2D eigenvalue weighted by Gasteiger charge is 2.08. The molecule has 0 aliphatic carbocycles. The molecule has 0 aliphatic heterocycles. The predicted molar refractivity (Wildman–Crippen MR) is 116 cm³/mol. The highest BCUT2D eigenvalue weighted by atomic mass is 16.1. The van der Waals surface area contributed by atoms with Crippen LogP contribution in [0.5, 0.6) is 0 Å². The summed E-state index contributed by atoms with van der Waals surface area (Å²) in [5.41, 5.74) is 3.06. The molecule has 2 heterocycles. The van der Waals surface area contributed by atoms with Gasteiger partial charge in [-0.1, -0.05) is 54.6 Å². The summed E-state index contributed by atoms with van der Waals surface area (Å²) in [5.74, 6) is 0.464. The first-order chi connectivity index (χ1) is 14.2. The van der Waals surface area contributed by atoms with E-state index in [1.54, 1.807) is 12.4 Å². The van der Waals surface area contributed by atoms with Crippen LogP contribution in [0, 0.1) is 0 Å². The molecule has 0 spiro atoms. The van der Waals surface area contributed by atoms with Crippen molar-refractivity contribution in [3.8, 4) is 11.1 Å². The first-order valence-corrected chi connectivity index (χ1v) is 9.41. The number of hydrogen-bond acceptors (Lipinski definition) is 3. The molecule has 0 saturated carbocycles. The van der Waals surface area contributed by atoms with Crippen LogP contribution < -0.4 is 5.32 Å². The van der Waals surface area contributed by atoms with Crippen molar-refractivity contribution in [3.05, 3.63) is 90.9 Å². The van der Waals surface area contributed by atoms with Crippen LogP contribution in [0.2, 0.25) is 0 Å². The van der Waals surface area contributed by atoms with Crippen molar-refractivity contribution >= 4 is 33.3 Å². The normalized spacial score (nSPS) is 11.0. The third kappa shape index (κ3) is 3.58. The number of fused-ring (bicyclic) bond motifs is 2. The summed E-state index contributed by atoms with van der Waals surface area (Å²) in [6.07, 6.45) is 5.73. The number of H-pyrrole nitrogens is 1. The number of carbonyl (C=O) groups excluding carboxylic acids is 1. The lowest BCUT2D eigenvalue weighted by molar-refractivity contribution is -0.115. The summed E-state index contributed by atoms with van der Waals surface area (Å²) in [6, 6.07) is 22.3. The van der Waals surface area contributed by atoms with Crippen molar-refractivity contribution in [3.63, 3.8) is 0 Å². The van der Waals surface area contributed by atoms with E-state index in [1.165, 1.54) is 5.39 Å². The summed E-state index contributed by atoms with van der Waals surface area (Å²) < 4.78 is 0. The zero-order valence-electron chi connectivity index (χ0n) is 15.6. The number of benzene rings is 3. The molecule has 2 aromatic heterocycles. The molecule has 0 radical (unpaired) electrons. The lowest BCUT2D eigenvalue weighted by Crippen LogP contribution is -2.15. The van der Waals surface area contributed by atoms with E-state index in [9.17, 15) is 4.79 Å². The molecule has 0 saturated heterocycles. The van der Waals surface area contributed by atoms with Gasteiger partial charge < -0.3 is 5.32 Å². The summed E-state index contributed by atoms with van der Waals surface area (Å²) in [5, 5.41) is 14.1. The number of aromatic nitrogens is 3. The molecule has 140 valence electrons. The number of rotatable bonds is 4. The number of aromatic amines is 1. The SMILES string of the molecule is O=C(Cc1ccc2ccccc2c1)Nc1cc2cc(-c3cn[nH]c3)ccc2cn1. The van der Waals surface area contributed by atoms with Gasteiger partial charge in [-0.05, 0) is 39.4 Å². The largest absolute Gasteiger partial charge is 0.310 e. The quantitative estimate of drug-likeness (QED) is 0.464. The van der Waals surface area contributed by atoms with E-state index in [4.69, 9.17) is 0 Å². The monoisotopic (exact) mass is 378 g/mol. The maximum Gasteiger partial charge on any atom is 0.229 e. The Hall–Kier alpha value is -3.99. The van der Waals surface area contributed by atoms with Gasteiger partial charge in [-0.25, -0.2) is 4.98 Å². The molecule has 5 rings (SSSR count). The Morgan fingerprint density at radius 2 is 1.69 bits per heavy atom. The second-order valence-electron chi connectivity index (χ2n) is 7.02. The second kappa shape index (κ2) is 7.20. The molecule has 0 unspecified atom stereocenters. The van der Waals surface area contributed by atoms with Gasteiger partial charge in [0.1, 0.15) is 5.82 Å². The first kappa shape index (κ1) is 17.1. The Kier molecular flexibility index (Phi) is 4.26. The first-order valence-electron chi connectivity index (χ1n) is 9.41. The molecule has 0 atom stereocenters. The second-order valence-corrected chi connectivity index (χ2v) is 7.02. The van der Waals surface area contributed by atoms with E-state index in [1.807, 2.05) is 48.7 Å². The standard InChI is InChI=1S/C24H18N4O/c29-24(10-16-5-6-17-3-1-2-4-18(17)9-16)28-23-12-21-11-19(22-14-26-27-15-22)7-8-20(21)13-25-23/h1-9,11-15H,10H2,(H,26,27)(H,25,28,29). The average molecular weight is 378 g/mol. The Morgan fingerprint density at radius 1 is 0.828 bits per heavy atom. The number of hydrogen-bond donors (Lipinski definition) is 2. The molecular formula is C24H18N4O. The van der Waals surface area contributed by atoms with E-state index in [0.29, 0.717) is 12.2 Å². The Morgan fingerprint density at radius 3 is 2.55 bits per heavy atom. The topological polar surface area (TPSA) is 70.7 Å². The maximum absolute atomic E-state index is 12.5. The number of carbonyl (C=O) groups is 1. The average Bonchev–Trinajstić information content (AvgIpc) is 3.28. The molecule has 0 fully saturated rings. The number of nitrogens with zero attached hydrogens (tertiary/aromatic N) is 2. The third-order valence-electron chi connectivity index (χ3n) is 5.00. The summed E-state index contributed by atoms with van der Waals surface area (Å²) in [6.45, 7) is 0. The molecule has 5 nitrogen and oxygen atoms in total. The summed E-state index contributed by atoms with van der Waals surface area (Å²) in [4.78, 5) is 16.9. The predicted octanol–water partition coefficient (Wildman–Crippen LogP) is 4.96. The molecule has 29 heavy (non-hydrogen) atoms. The van der Waals surface area contributed by atoms with E-state index in [0.717, 1.165) is 32.8 Å². The minimum atomic E-state index is -0.0851. The van der Waals surface area contributed by atoms with E-state index < -0.39 is 0 Å². The highest BCUT2D eigenvalue weighted by Crippen LogP contribution is 2.25. The fourth-order valence-electron chi connectivity index (χ4n) is 3.52. The van der Waals surface area contributed by atoms with Crippen molar-refractivity contribution in [1.82, 2.24) is 15.2 Å². The Bertz CT molecular complexity index is 1330. The molecule has 3 aromatic carbocycles. The fourth-order valence-corrected chi connectivity index (χ4v) is 3.52. The van der Waals surface area contributed by atoms with Crippen LogP contribution in [0.3, 0.4) is 0 Å². The van der Waals surface area contributed by atoms with Gasteiger partial charge in [0.2, 0.25) is 5.91 Å². The van der Waals surface area contributed by atoms with Gasteiger partial charge in [0.25, 0.3) is 0 Å². The van der Waals surface area contributed by atoms with Crippen LogP contribution in [0.4, 0.5) is 5.82 Å². The van der Waals surface area contributed by atoms with Gasteiger partial charge in [-0.15, -0.1) is 0 Å². The Labute approximate surface area is 167 Å². The number of nitrogens with one attached hydrogen (secondary N) is 2. The summed E-state index contributed by atoms with van der Waals surface area (Å²) in [7, 11) is 0. The molecule has 0 bridgehead atoms. The molecule has 0 aliphatic rings. The molecule has 5 heteroatoms. The molecule has 2 N–H and O–H groups in total. The van der Waals surface area contributed by atoms with E-state index >= 15 is 0 Å². The van der Waals surface area contributed by atoms with Gasteiger partial charge in [0, 0.05) is 23.3 Å². The minimum Gasteiger partial charge on any atom is -0.310 e. The number of amides is 1. The minimum absolute atomic E-state index is 0.0851. The van der Waals surface area contributed by atoms with Crippen LogP contribution in [0.1, 0.15) is 5.56 Å². The van der Waals surface area contributed by atoms with E-state index in [2.05, 4.69) is 44.8 Å². The third-order valence-corrected chi connectivity index (χ3v) is 5.00.